The van der Waals surface area contributed by atoms with Gasteiger partial charge in [0.25, 0.3) is 0 Å². The van der Waals surface area contributed by atoms with Gasteiger partial charge in [-0.15, -0.1) is 11.3 Å². The highest BCUT2D eigenvalue weighted by Gasteiger charge is 2.17. The van der Waals surface area contributed by atoms with E-state index in [-0.39, 0.29) is 6.42 Å². The number of nitrogens with zero attached hydrogens (tertiary/aromatic N) is 1. The summed E-state index contributed by atoms with van der Waals surface area (Å²) in [5.74, 6) is -0.455. The number of aromatic nitrogens is 1. The van der Waals surface area contributed by atoms with Crippen molar-refractivity contribution in [1.82, 2.24) is 4.98 Å². The fraction of sp³-hybridized carbons (Fsp3) is 0.143. The van der Waals surface area contributed by atoms with Gasteiger partial charge in [0.1, 0.15) is 5.75 Å². The van der Waals surface area contributed by atoms with E-state index in [0.29, 0.717) is 5.75 Å². The predicted molar refractivity (Wildman–Crippen MR) is 104 cm³/mol. The van der Waals surface area contributed by atoms with E-state index >= 15 is 0 Å². The number of hydrogen-bond donors (Lipinski definition) is 1. The second-order valence-electron chi connectivity index (χ2n) is 5.77. The molecule has 5 heteroatoms. The molecule has 1 unspecified atom stereocenters. The summed E-state index contributed by atoms with van der Waals surface area (Å²) >= 11 is 1.60. The number of hydrogen-bond acceptors (Lipinski definition) is 4. The Bertz CT molecular complexity index is 885. The average molecular weight is 365 g/mol. The number of aliphatic carboxylic acids is 1. The maximum Gasteiger partial charge on any atom is 0.345 e. The third kappa shape index (κ3) is 4.80. The molecule has 1 aromatic heterocycles. The fourth-order valence-electron chi connectivity index (χ4n) is 2.46. The van der Waals surface area contributed by atoms with E-state index in [2.05, 4.69) is 4.98 Å². The number of carbonyl (C=O) groups is 1. The molecule has 0 spiro atoms. The maximum absolute atomic E-state index is 11.5. The first-order valence-corrected chi connectivity index (χ1v) is 9.13. The van der Waals surface area contributed by atoms with Crippen LogP contribution in [0, 0.1) is 6.92 Å². The van der Waals surface area contributed by atoms with Crippen molar-refractivity contribution in [1.29, 1.82) is 0 Å². The highest BCUT2D eigenvalue weighted by molar-refractivity contribution is 7.09. The lowest BCUT2D eigenvalue weighted by atomic mass is 10.1. The van der Waals surface area contributed by atoms with Crippen LogP contribution in [0.4, 0.5) is 0 Å². The largest absolute Gasteiger partial charge is 0.478 e. The summed E-state index contributed by atoms with van der Waals surface area (Å²) in [4.78, 5) is 15.9. The minimum atomic E-state index is -0.984. The van der Waals surface area contributed by atoms with Gasteiger partial charge >= 0.3 is 5.97 Å². The van der Waals surface area contributed by atoms with E-state index in [1.807, 2.05) is 66.9 Å². The van der Waals surface area contributed by atoms with E-state index in [9.17, 15) is 9.90 Å². The zero-order chi connectivity index (χ0) is 18.4. The van der Waals surface area contributed by atoms with Crippen molar-refractivity contribution in [2.75, 3.05) is 0 Å². The molecule has 0 aliphatic carbocycles. The summed E-state index contributed by atoms with van der Waals surface area (Å²) in [6.45, 7) is 1.96. The van der Waals surface area contributed by atoms with Crippen LogP contribution >= 0.6 is 11.3 Å². The van der Waals surface area contributed by atoms with Crippen LogP contribution in [0.15, 0.2) is 66.1 Å². The molecule has 1 N–H and O–H groups in total. The zero-order valence-corrected chi connectivity index (χ0v) is 15.1. The Morgan fingerprint density at radius 1 is 1.19 bits per heavy atom. The maximum atomic E-state index is 11.5. The molecule has 3 aromatic rings. The second kappa shape index (κ2) is 8.45. The van der Waals surface area contributed by atoms with Gasteiger partial charge in [0.2, 0.25) is 0 Å². The molecule has 1 heterocycles. The van der Waals surface area contributed by atoms with Crippen LogP contribution in [0.2, 0.25) is 0 Å². The number of thiazole rings is 1. The third-order valence-corrected chi connectivity index (χ3v) is 4.56. The molecule has 0 amide bonds. The number of rotatable bonds is 7. The average Bonchev–Trinajstić information content (AvgIpc) is 3.08. The Hall–Kier alpha value is -2.92. The quantitative estimate of drug-likeness (QED) is 0.636. The number of carboxylic acids is 1. The van der Waals surface area contributed by atoms with Crippen LogP contribution in [-0.4, -0.2) is 22.2 Å². The molecule has 2 aromatic carbocycles. The van der Waals surface area contributed by atoms with E-state index < -0.39 is 12.1 Å². The number of benzene rings is 2. The summed E-state index contributed by atoms with van der Waals surface area (Å²) < 4.78 is 5.64. The van der Waals surface area contributed by atoms with Gasteiger partial charge in [0, 0.05) is 17.4 Å². The topological polar surface area (TPSA) is 59.4 Å². The molecule has 0 saturated carbocycles. The van der Waals surface area contributed by atoms with E-state index in [1.165, 1.54) is 0 Å². The van der Waals surface area contributed by atoms with Gasteiger partial charge in [0.15, 0.2) is 6.10 Å². The van der Waals surface area contributed by atoms with Crippen LogP contribution < -0.4 is 4.74 Å². The van der Waals surface area contributed by atoms with Gasteiger partial charge in [-0.3, -0.25) is 0 Å². The van der Waals surface area contributed by atoms with E-state index in [0.717, 1.165) is 21.8 Å². The van der Waals surface area contributed by atoms with Gasteiger partial charge in [-0.05, 0) is 36.8 Å². The Balaban J connectivity index is 1.64. The smallest absolute Gasteiger partial charge is 0.345 e. The van der Waals surface area contributed by atoms with Crippen LogP contribution in [0.25, 0.3) is 17.3 Å². The molecule has 0 fully saturated rings. The predicted octanol–water partition coefficient (Wildman–Crippen LogP) is 5.05. The molecule has 0 aliphatic heterocycles. The van der Waals surface area contributed by atoms with Gasteiger partial charge < -0.3 is 9.84 Å². The lowest BCUT2D eigenvalue weighted by molar-refractivity contribution is -0.144. The summed E-state index contributed by atoms with van der Waals surface area (Å²) in [5.41, 5.74) is 2.93. The Morgan fingerprint density at radius 3 is 2.54 bits per heavy atom. The van der Waals surface area contributed by atoms with Gasteiger partial charge in [-0.2, -0.15) is 0 Å². The first kappa shape index (κ1) is 17.9. The molecule has 0 radical (unpaired) electrons. The normalized spacial score (nSPS) is 12.2. The molecule has 1 atom stereocenters. The number of ether oxygens (including phenoxy) is 1. The molecular weight excluding hydrogens is 346 g/mol. The standard InChI is InChI=1S/C21H19NO3S/c1-15-22-19(14-26-15)17-10-12-18(13-11-17)25-20(21(23)24)9-5-8-16-6-3-2-4-7-16/h2-8,10-14,20H,9H2,1H3,(H,23,24)/b8-5-. The molecule has 3 rings (SSSR count). The molecule has 26 heavy (non-hydrogen) atoms. The lowest BCUT2D eigenvalue weighted by Crippen LogP contribution is -2.26. The molecule has 132 valence electrons. The van der Waals surface area contributed by atoms with Crippen molar-refractivity contribution in [3.8, 4) is 17.0 Å². The Labute approximate surface area is 156 Å². The third-order valence-electron chi connectivity index (χ3n) is 3.78. The van der Waals surface area contributed by atoms with Crippen molar-refractivity contribution < 1.29 is 14.6 Å². The van der Waals surface area contributed by atoms with Crippen LogP contribution in [0.5, 0.6) is 5.75 Å². The summed E-state index contributed by atoms with van der Waals surface area (Å²) in [6, 6.07) is 17.1. The van der Waals surface area contributed by atoms with Crippen molar-refractivity contribution in [3.63, 3.8) is 0 Å². The highest BCUT2D eigenvalue weighted by Crippen LogP contribution is 2.24. The van der Waals surface area contributed by atoms with Crippen molar-refractivity contribution in [2.24, 2.45) is 0 Å². The second-order valence-corrected chi connectivity index (χ2v) is 6.83. The van der Waals surface area contributed by atoms with Gasteiger partial charge in [-0.25, -0.2) is 9.78 Å². The summed E-state index contributed by atoms with van der Waals surface area (Å²) in [6.07, 6.45) is 3.08. The zero-order valence-electron chi connectivity index (χ0n) is 14.3. The first-order valence-electron chi connectivity index (χ1n) is 8.25. The highest BCUT2D eigenvalue weighted by atomic mass is 32.1. The molecule has 0 aliphatic rings. The summed E-state index contributed by atoms with van der Waals surface area (Å²) in [5, 5.41) is 12.4. The minimum Gasteiger partial charge on any atom is -0.478 e. The number of carboxylic acid groups (broad SMARTS) is 1. The van der Waals surface area contributed by atoms with Crippen molar-refractivity contribution >= 4 is 23.4 Å². The molecule has 0 bridgehead atoms. The van der Waals surface area contributed by atoms with Gasteiger partial charge in [-0.1, -0.05) is 42.5 Å². The monoisotopic (exact) mass is 365 g/mol. The number of aryl methyl sites for hydroxylation is 1. The molecule has 4 nitrogen and oxygen atoms in total. The Kier molecular flexibility index (Phi) is 5.81. The van der Waals surface area contributed by atoms with Crippen molar-refractivity contribution in [3.05, 3.63) is 76.6 Å². The molecule has 0 saturated heterocycles. The molecular formula is C21H19NO3S. The summed E-state index contributed by atoms with van der Waals surface area (Å²) in [7, 11) is 0. The van der Waals surface area contributed by atoms with Crippen molar-refractivity contribution in [2.45, 2.75) is 19.4 Å². The van der Waals surface area contributed by atoms with Crippen LogP contribution in [0.1, 0.15) is 17.0 Å². The van der Waals surface area contributed by atoms with E-state index in [4.69, 9.17) is 4.74 Å². The Morgan fingerprint density at radius 2 is 1.92 bits per heavy atom. The van der Waals surface area contributed by atoms with Crippen LogP contribution in [-0.2, 0) is 4.79 Å². The first-order chi connectivity index (χ1) is 12.6. The lowest BCUT2D eigenvalue weighted by Gasteiger charge is -2.13. The minimum absolute atomic E-state index is 0.289. The van der Waals surface area contributed by atoms with E-state index in [1.54, 1.807) is 23.5 Å². The van der Waals surface area contributed by atoms with Gasteiger partial charge in [0.05, 0.1) is 10.7 Å². The van der Waals surface area contributed by atoms with Crippen LogP contribution in [0.3, 0.4) is 0 Å². The fourth-order valence-corrected chi connectivity index (χ4v) is 3.08. The SMILES string of the molecule is Cc1nc(-c2ccc(OC(C/C=C\c3ccccc3)C(=O)O)cc2)cs1.